The number of carbonyl (C=O) groups excluding carboxylic acids is 2. The third-order valence-electron chi connectivity index (χ3n) is 3.29. The number of hydrogen-bond acceptors (Lipinski definition) is 5. The zero-order chi connectivity index (χ0) is 19.6. The molecular weight excluding hydrogens is 412 g/mol. The lowest BCUT2D eigenvalue weighted by Crippen LogP contribution is -2.26. The number of halogens is 1. The predicted molar refractivity (Wildman–Crippen MR) is 105 cm³/mol. The number of hydrogen-bond donors (Lipinski definition) is 2. The van der Waals surface area contributed by atoms with E-state index < -0.39 is 5.91 Å². The molecule has 7 nitrogen and oxygen atoms in total. The molecule has 0 radical (unpaired) electrons. The third kappa shape index (κ3) is 6.92. The van der Waals surface area contributed by atoms with Crippen molar-refractivity contribution in [2.24, 2.45) is 5.10 Å². The minimum absolute atomic E-state index is 0.0202. The number of benzene rings is 2. The van der Waals surface area contributed by atoms with Crippen molar-refractivity contribution in [3.8, 4) is 11.8 Å². The molecule has 0 spiro atoms. The lowest BCUT2D eigenvalue weighted by Gasteiger charge is -2.07. The SMILES string of the molecule is CC(CC(=O)Nc1ccccc1C#N)=NNC(=O)COc1ccc(Br)cc1. The number of ether oxygens (including phenoxy) is 1. The molecule has 2 amide bonds. The van der Waals surface area contributed by atoms with Crippen molar-refractivity contribution in [3.63, 3.8) is 0 Å². The highest BCUT2D eigenvalue weighted by Crippen LogP contribution is 2.16. The lowest BCUT2D eigenvalue weighted by molar-refractivity contribution is -0.123. The summed E-state index contributed by atoms with van der Waals surface area (Å²) < 4.78 is 6.24. The summed E-state index contributed by atoms with van der Waals surface area (Å²) in [5.74, 6) is -0.212. The van der Waals surface area contributed by atoms with Crippen molar-refractivity contribution in [1.29, 1.82) is 5.26 Å². The van der Waals surface area contributed by atoms with Crippen LogP contribution in [-0.4, -0.2) is 24.1 Å². The number of para-hydroxylation sites is 1. The highest BCUT2D eigenvalue weighted by molar-refractivity contribution is 9.10. The molecular formula is C19H17BrN4O3. The molecule has 8 heteroatoms. The van der Waals surface area contributed by atoms with Crippen LogP contribution in [0.5, 0.6) is 5.75 Å². The summed E-state index contributed by atoms with van der Waals surface area (Å²) in [4.78, 5) is 23.8. The molecule has 0 heterocycles. The molecule has 0 bridgehead atoms. The number of nitrogens with zero attached hydrogens (tertiary/aromatic N) is 2. The summed E-state index contributed by atoms with van der Waals surface area (Å²) in [5, 5.41) is 15.5. The molecule has 0 aliphatic rings. The maximum atomic E-state index is 12.0. The van der Waals surface area contributed by atoms with Crippen molar-refractivity contribution >= 4 is 39.1 Å². The molecule has 2 N–H and O–H groups in total. The molecule has 0 atom stereocenters. The van der Waals surface area contributed by atoms with Gasteiger partial charge >= 0.3 is 0 Å². The van der Waals surface area contributed by atoms with E-state index in [0.717, 1.165) is 4.47 Å². The minimum Gasteiger partial charge on any atom is -0.484 e. The summed E-state index contributed by atoms with van der Waals surface area (Å²) in [6, 6.07) is 15.8. The van der Waals surface area contributed by atoms with Crippen LogP contribution in [0.25, 0.3) is 0 Å². The van der Waals surface area contributed by atoms with E-state index in [1.54, 1.807) is 55.5 Å². The van der Waals surface area contributed by atoms with Gasteiger partial charge in [-0.25, -0.2) is 5.43 Å². The topological polar surface area (TPSA) is 104 Å². The van der Waals surface area contributed by atoms with E-state index in [1.165, 1.54) is 0 Å². The lowest BCUT2D eigenvalue weighted by atomic mass is 10.2. The predicted octanol–water partition coefficient (Wildman–Crippen LogP) is 3.22. The second kappa shape index (κ2) is 10.1. The second-order valence-electron chi connectivity index (χ2n) is 5.51. The Labute approximate surface area is 165 Å². The maximum Gasteiger partial charge on any atom is 0.277 e. The van der Waals surface area contributed by atoms with Crippen LogP contribution in [0.3, 0.4) is 0 Å². The van der Waals surface area contributed by atoms with Gasteiger partial charge in [-0.3, -0.25) is 9.59 Å². The first-order valence-electron chi connectivity index (χ1n) is 7.97. The smallest absolute Gasteiger partial charge is 0.277 e. The third-order valence-corrected chi connectivity index (χ3v) is 3.82. The zero-order valence-corrected chi connectivity index (χ0v) is 16.1. The highest BCUT2D eigenvalue weighted by Gasteiger charge is 2.08. The van der Waals surface area contributed by atoms with Gasteiger partial charge in [0.25, 0.3) is 5.91 Å². The number of nitrogens with one attached hydrogen (secondary N) is 2. The first-order chi connectivity index (χ1) is 13.0. The second-order valence-corrected chi connectivity index (χ2v) is 6.42. The standard InChI is InChI=1S/C19H17BrN4O3/c1-13(10-18(25)22-17-5-3-2-4-14(17)11-21)23-24-19(26)12-27-16-8-6-15(20)7-9-16/h2-9H,10,12H2,1H3,(H,22,25)(H,24,26). The average molecular weight is 429 g/mol. The van der Waals surface area contributed by atoms with Gasteiger partial charge in [-0.1, -0.05) is 28.1 Å². The van der Waals surface area contributed by atoms with E-state index in [1.807, 2.05) is 6.07 Å². The molecule has 0 aliphatic heterocycles. The van der Waals surface area contributed by atoms with Gasteiger partial charge in [-0.15, -0.1) is 0 Å². The van der Waals surface area contributed by atoms with E-state index in [2.05, 4.69) is 31.8 Å². The van der Waals surface area contributed by atoms with Gasteiger partial charge in [0, 0.05) is 10.2 Å². The molecule has 0 aromatic heterocycles. The van der Waals surface area contributed by atoms with Crippen molar-refractivity contribution in [1.82, 2.24) is 5.43 Å². The largest absolute Gasteiger partial charge is 0.484 e. The number of amides is 2. The van der Waals surface area contributed by atoms with E-state index in [0.29, 0.717) is 22.7 Å². The fraction of sp³-hybridized carbons (Fsp3) is 0.158. The van der Waals surface area contributed by atoms with E-state index in [-0.39, 0.29) is 18.9 Å². The van der Waals surface area contributed by atoms with Crippen LogP contribution in [0.4, 0.5) is 5.69 Å². The molecule has 0 saturated carbocycles. The van der Waals surface area contributed by atoms with Gasteiger partial charge in [-0.2, -0.15) is 10.4 Å². The zero-order valence-electron chi connectivity index (χ0n) is 14.5. The molecule has 0 unspecified atom stereocenters. The molecule has 27 heavy (non-hydrogen) atoms. The monoisotopic (exact) mass is 428 g/mol. The average Bonchev–Trinajstić information content (AvgIpc) is 2.66. The Morgan fingerprint density at radius 3 is 2.56 bits per heavy atom. The molecule has 0 saturated heterocycles. The maximum absolute atomic E-state index is 12.0. The summed E-state index contributed by atoms with van der Waals surface area (Å²) in [6.07, 6.45) is -0.0202. The first kappa shape index (κ1) is 20.1. The van der Waals surface area contributed by atoms with Crippen LogP contribution in [-0.2, 0) is 9.59 Å². The van der Waals surface area contributed by atoms with Gasteiger partial charge in [0.05, 0.1) is 17.7 Å². The van der Waals surface area contributed by atoms with Crippen LogP contribution < -0.4 is 15.5 Å². The minimum atomic E-state index is -0.437. The number of hydrazone groups is 1. The Kier molecular flexibility index (Phi) is 7.52. The summed E-state index contributed by atoms with van der Waals surface area (Å²) in [7, 11) is 0. The normalized spacial score (nSPS) is 10.6. The fourth-order valence-corrected chi connectivity index (χ4v) is 2.29. The number of rotatable bonds is 7. The molecule has 2 aromatic carbocycles. The summed E-state index contributed by atoms with van der Waals surface area (Å²) >= 11 is 3.31. The van der Waals surface area contributed by atoms with E-state index in [4.69, 9.17) is 10.00 Å². The van der Waals surface area contributed by atoms with Crippen LogP contribution in [0.2, 0.25) is 0 Å². The number of carbonyl (C=O) groups is 2. The fourth-order valence-electron chi connectivity index (χ4n) is 2.03. The Morgan fingerprint density at radius 1 is 1.15 bits per heavy atom. The molecule has 138 valence electrons. The molecule has 0 aliphatic carbocycles. The van der Waals surface area contributed by atoms with Crippen LogP contribution in [0.15, 0.2) is 58.1 Å². The molecule has 2 aromatic rings. The van der Waals surface area contributed by atoms with Gasteiger partial charge in [0.15, 0.2) is 6.61 Å². The Morgan fingerprint density at radius 2 is 1.85 bits per heavy atom. The Bertz CT molecular complexity index is 889. The van der Waals surface area contributed by atoms with Gasteiger partial charge in [0.2, 0.25) is 5.91 Å². The quantitative estimate of drug-likeness (QED) is 0.521. The first-order valence-corrected chi connectivity index (χ1v) is 8.76. The van der Waals surface area contributed by atoms with Crippen LogP contribution >= 0.6 is 15.9 Å². The van der Waals surface area contributed by atoms with Crippen molar-refractivity contribution in [2.75, 3.05) is 11.9 Å². The van der Waals surface area contributed by atoms with Gasteiger partial charge in [-0.05, 0) is 43.3 Å². The van der Waals surface area contributed by atoms with E-state index >= 15 is 0 Å². The van der Waals surface area contributed by atoms with Gasteiger partial charge < -0.3 is 10.1 Å². The van der Waals surface area contributed by atoms with Crippen molar-refractivity contribution in [2.45, 2.75) is 13.3 Å². The highest BCUT2D eigenvalue weighted by atomic mass is 79.9. The van der Waals surface area contributed by atoms with Crippen molar-refractivity contribution < 1.29 is 14.3 Å². The van der Waals surface area contributed by atoms with Gasteiger partial charge in [0.1, 0.15) is 11.8 Å². The number of nitriles is 1. The van der Waals surface area contributed by atoms with Crippen LogP contribution in [0, 0.1) is 11.3 Å². The molecule has 2 rings (SSSR count). The molecule has 0 fully saturated rings. The van der Waals surface area contributed by atoms with Crippen molar-refractivity contribution in [3.05, 3.63) is 58.6 Å². The number of anilines is 1. The Balaban J connectivity index is 1.79. The van der Waals surface area contributed by atoms with Crippen LogP contribution in [0.1, 0.15) is 18.9 Å². The summed E-state index contributed by atoms with van der Waals surface area (Å²) in [5.41, 5.74) is 3.56. The summed E-state index contributed by atoms with van der Waals surface area (Å²) in [6.45, 7) is 1.42. The van der Waals surface area contributed by atoms with E-state index in [9.17, 15) is 9.59 Å². The Hall–Kier alpha value is -3.18.